The molecule has 0 fully saturated rings. The highest BCUT2D eigenvalue weighted by molar-refractivity contribution is 6.04. The highest BCUT2D eigenvalue weighted by Crippen LogP contribution is 2.34. The summed E-state index contributed by atoms with van der Waals surface area (Å²) < 4.78 is 54.1. The van der Waals surface area contributed by atoms with Crippen LogP contribution in [0.25, 0.3) is 5.69 Å². The maximum Gasteiger partial charge on any atom is 0.418 e. The second-order valence-electron chi connectivity index (χ2n) is 5.61. The second kappa shape index (κ2) is 7.18. The van der Waals surface area contributed by atoms with Gasteiger partial charge in [0.25, 0.3) is 5.91 Å². The van der Waals surface area contributed by atoms with Crippen molar-refractivity contribution < 1.29 is 22.4 Å². The number of carbonyl (C=O) groups is 1. The van der Waals surface area contributed by atoms with E-state index in [0.29, 0.717) is 16.7 Å². The Morgan fingerprint density at radius 3 is 2.59 bits per heavy atom. The predicted molar refractivity (Wildman–Crippen MR) is 90.1 cm³/mol. The van der Waals surface area contributed by atoms with Crippen LogP contribution >= 0.6 is 0 Å². The van der Waals surface area contributed by atoms with Crippen molar-refractivity contribution in [3.05, 3.63) is 71.3 Å². The summed E-state index contributed by atoms with van der Waals surface area (Å²) in [6.07, 6.45) is -3.24. The van der Waals surface area contributed by atoms with Crippen LogP contribution in [0.15, 0.2) is 48.8 Å². The third kappa shape index (κ3) is 3.81. The van der Waals surface area contributed by atoms with Crippen molar-refractivity contribution >= 4 is 11.9 Å². The van der Waals surface area contributed by atoms with E-state index in [1.165, 1.54) is 0 Å². The lowest BCUT2D eigenvalue weighted by molar-refractivity contribution is -0.137. The minimum Gasteiger partial charge on any atom is -0.289 e. The van der Waals surface area contributed by atoms with Gasteiger partial charge in [-0.05, 0) is 30.2 Å². The van der Waals surface area contributed by atoms with Crippen molar-refractivity contribution in [1.82, 2.24) is 14.8 Å². The van der Waals surface area contributed by atoms with Gasteiger partial charge in [-0.25, -0.2) is 9.07 Å². The van der Waals surface area contributed by atoms with Crippen LogP contribution in [0.2, 0.25) is 0 Å². The molecule has 0 aliphatic carbocycles. The van der Waals surface area contributed by atoms with Crippen LogP contribution in [0.3, 0.4) is 0 Å². The topological polar surface area (TPSA) is 59.8 Å². The largest absolute Gasteiger partial charge is 0.418 e. The zero-order valence-corrected chi connectivity index (χ0v) is 14.1. The standard InChI is InChI=1S/C18H14F4N4O/c1-2-11-6-3-4-7-12(11)16(27)24-17-23-10-26(25-17)15-13(18(20,21)22)8-5-9-14(15)19/h3-10H,2H2,1H3,(H,24,25,27). The Hall–Kier alpha value is -3.23. The summed E-state index contributed by atoms with van der Waals surface area (Å²) in [7, 11) is 0. The number of aryl methyl sites for hydroxylation is 1. The molecule has 0 aliphatic heterocycles. The molecule has 0 aliphatic rings. The number of nitrogens with one attached hydrogen (secondary N) is 1. The van der Waals surface area contributed by atoms with Gasteiger partial charge in [0.2, 0.25) is 5.95 Å². The highest BCUT2D eigenvalue weighted by Gasteiger charge is 2.35. The number of rotatable bonds is 4. The molecule has 5 nitrogen and oxygen atoms in total. The highest BCUT2D eigenvalue weighted by atomic mass is 19.4. The lowest BCUT2D eigenvalue weighted by Gasteiger charge is -2.12. The van der Waals surface area contributed by atoms with Gasteiger partial charge < -0.3 is 0 Å². The second-order valence-corrected chi connectivity index (χ2v) is 5.61. The van der Waals surface area contributed by atoms with E-state index < -0.39 is 29.2 Å². The van der Waals surface area contributed by atoms with Gasteiger partial charge in [-0.15, -0.1) is 5.10 Å². The zero-order valence-electron chi connectivity index (χ0n) is 14.1. The van der Waals surface area contributed by atoms with Gasteiger partial charge in [0.15, 0.2) is 0 Å². The molecule has 0 atom stereocenters. The number of amides is 1. The third-order valence-corrected chi connectivity index (χ3v) is 3.88. The number of halogens is 4. The van der Waals surface area contributed by atoms with E-state index in [-0.39, 0.29) is 5.95 Å². The molecule has 0 bridgehead atoms. The number of carbonyl (C=O) groups excluding carboxylic acids is 1. The van der Waals surface area contributed by atoms with Crippen molar-refractivity contribution in [2.75, 3.05) is 5.32 Å². The molecule has 1 heterocycles. The van der Waals surface area contributed by atoms with Crippen LogP contribution in [-0.2, 0) is 12.6 Å². The summed E-state index contributed by atoms with van der Waals surface area (Å²) in [5, 5.41) is 6.19. The Morgan fingerprint density at radius 2 is 1.89 bits per heavy atom. The third-order valence-electron chi connectivity index (χ3n) is 3.88. The van der Waals surface area contributed by atoms with Gasteiger partial charge in [-0.2, -0.15) is 18.2 Å². The minimum atomic E-state index is -4.77. The van der Waals surface area contributed by atoms with Crippen molar-refractivity contribution in [1.29, 1.82) is 0 Å². The van der Waals surface area contributed by atoms with E-state index in [1.54, 1.807) is 24.3 Å². The summed E-state index contributed by atoms with van der Waals surface area (Å²) >= 11 is 0. The summed E-state index contributed by atoms with van der Waals surface area (Å²) in [5.41, 5.74) is -0.783. The molecule has 3 rings (SSSR count). The molecular weight excluding hydrogens is 364 g/mol. The molecule has 0 unspecified atom stereocenters. The predicted octanol–water partition coefficient (Wildman–Crippen LogP) is 4.24. The number of benzene rings is 2. The molecule has 0 spiro atoms. The van der Waals surface area contributed by atoms with Gasteiger partial charge in [0.1, 0.15) is 17.8 Å². The summed E-state index contributed by atoms with van der Waals surface area (Å²) in [5.74, 6) is -1.85. The van der Waals surface area contributed by atoms with Crippen LogP contribution in [0, 0.1) is 5.82 Å². The average Bonchev–Trinajstić information content (AvgIpc) is 3.08. The van der Waals surface area contributed by atoms with E-state index in [9.17, 15) is 22.4 Å². The molecular formula is C18H14F4N4O. The smallest absolute Gasteiger partial charge is 0.289 e. The fourth-order valence-corrected chi connectivity index (χ4v) is 2.62. The van der Waals surface area contributed by atoms with Crippen LogP contribution < -0.4 is 5.32 Å². The molecule has 27 heavy (non-hydrogen) atoms. The van der Waals surface area contributed by atoms with Crippen LogP contribution in [0.4, 0.5) is 23.5 Å². The number of aromatic nitrogens is 3. The number of anilines is 1. The van der Waals surface area contributed by atoms with Gasteiger partial charge >= 0.3 is 6.18 Å². The first-order chi connectivity index (χ1) is 12.8. The van der Waals surface area contributed by atoms with Gasteiger partial charge in [0, 0.05) is 5.56 Å². The quantitative estimate of drug-likeness (QED) is 0.691. The first kappa shape index (κ1) is 18.6. The van der Waals surface area contributed by atoms with Crippen LogP contribution in [0.1, 0.15) is 28.4 Å². The summed E-state index contributed by atoms with van der Waals surface area (Å²) in [6.45, 7) is 1.88. The number of hydrogen-bond donors (Lipinski definition) is 1. The monoisotopic (exact) mass is 378 g/mol. The normalized spacial score (nSPS) is 11.4. The van der Waals surface area contributed by atoms with E-state index in [1.807, 2.05) is 6.92 Å². The molecule has 1 N–H and O–H groups in total. The Balaban J connectivity index is 1.92. The molecule has 0 saturated carbocycles. The maximum atomic E-state index is 14.0. The van der Waals surface area contributed by atoms with E-state index >= 15 is 0 Å². The molecule has 0 radical (unpaired) electrons. The van der Waals surface area contributed by atoms with Crippen LogP contribution in [0.5, 0.6) is 0 Å². The molecule has 1 amide bonds. The Kier molecular flexibility index (Phi) is 4.93. The number of para-hydroxylation sites is 1. The molecule has 9 heteroatoms. The Labute approximate surface area is 151 Å². The lowest BCUT2D eigenvalue weighted by atomic mass is 10.1. The van der Waals surface area contributed by atoms with Crippen molar-refractivity contribution in [3.63, 3.8) is 0 Å². The van der Waals surface area contributed by atoms with Gasteiger partial charge in [-0.1, -0.05) is 31.2 Å². The van der Waals surface area contributed by atoms with Crippen molar-refractivity contribution in [3.8, 4) is 5.69 Å². The van der Waals surface area contributed by atoms with Crippen LogP contribution in [-0.4, -0.2) is 20.7 Å². The average molecular weight is 378 g/mol. The van der Waals surface area contributed by atoms with E-state index in [4.69, 9.17) is 0 Å². The van der Waals surface area contributed by atoms with E-state index in [2.05, 4.69) is 15.4 Å². The first-order valence-corrected chi connectivity index (χ1v) is 7.98. The van der Waals surface area contributed by atoms with E-state index in [0.717, 1.165) is 30.1 Å². The number of nitrogens with zero attached hydrogens (tertiary/aromatic N) is 3. The minimum absolute atomic E-state index is 0.234. The molecule has 0 saturated heterocycles. The molecule has 1 aromatic heterocycles. The Bertz CT molecular complexity index is 981. The van der Waals surface area contributed by atoms with Crippen molar-refractivity contribution in [2.24, 2.45) is 0 Å². The van der Waals surface area contributed by atoms with Gasteiger partial charge in [-0.3, -0.25) is 10.1 Å². The summed E-state index contributed by atoms with van der Waals surface area (Å²) in [4.78, 5) is 16.1. The van der Waals surface area contributed by atoms with Gasteiger partial charge in [0.05, 0.1) is 5.56 Å². The number of hydrogen-bond acceptors (Lipinski definition) is 3. The molecule has 3 aromatic rings. The number of alkyl halides is 3. The fraction of sp³-hybridized carbons (Fsp3) is 0.167. The SMILES string of the molecule is CCc1ccccc1C(=O)Nc1ncn(-c2c(F)cccc2C(F)(F)F)n1. The van der Waals surface area contributed by atoms with Crippen molar-refractivity contribution in [2.45, 2.75) is 19.5 Å². The molecule has 140 valence electrons. The fourth-order valence-electron chi connectivity index (χ4n) is 2.62. The Morgan fingerprint density at radius 1 is 1.15 bits per heavy atom. The zero-order chi connectivity index (χ0) is 19.6. The lowest BCUT2D eigenvalue weighted by Crippen LogP contribution is -2.16. The molecule has 2 aromatic carbocycles. The first-order valence-electron chi connectivity index (χ1n) is 7.98. The summed E-state index contributed by atoms with van der Waals surface area (Å²) in [6, 6.07) is 9.48. The maximum absolute atomic E-state index is 14.0.